The van der Waals surface area contributed by atoms with Gasteiger partial charge in [-0.15, -0.1) is 0 Å². The fourth-order valence-corrected chi connectivity index (χ4v) is 7.13. The summed E-state index contributed by atoms with van der Waals surface area (Å²) in [6, 6.07) is 0. The molecule has 4 rings (SSSR count). The molecule has 0 aromatic rings. The Morgan fingerprint density at radius 1 is 0.977 bits per heavy atom. The van der Waals surface area contributed by atoms with Crippen molar-refractivity contribution < 1.29 is 64.6 Å². The third kappa shape index (κ3) is 6.43. The lowest BCUT2D eigenvalue weighted by Gasteiger charge is -2.54. The Balaban J connectivity index is 1.45. The normalized spacial score (nSPS) is 48.2. The highest BCUT2D eigenvalue weighted by Crippen LogP contribution is 2.50. The number of hydrogen-bond donors (Lipinski definition) is 8. The molecule has 244 valence electrons. The number of hydrogen-bond acceptors (Lipinski definition) is 13. The van der Waals surface area contributed by atoms with Crippen LogP contribution < -0.4 is 0 Å². The van der Waals surface area contributed by atoms with Gasteiger partial charge < -0.3 is 59.8 Å². The van der Waals surface area contributed by atoms with Gasteiger partial charge in [0.2, 0.25) is 6.29 Å². The summed E-state index contributed by atoms with van der Waals surface area (Å²) in [5.41, 5.74) is -5.18. The molecule has 13 heteroatoms. The first-order valence-electron chi connectivity index (χ1n) is 14.5. The molecular formula is C30H46O13. The van der Waals surface area contributed by atoms with Gasteiger partial charge >= 0.3 is 5.97 Å². The molecule has 1 saturated heterocycles. The largest absolute Gasteiger partial charge is 0.472 e. The Labute approximate surface area is 250 Å². The summed E-state index contributed by atoms with van der Waals surface area (Å²) in [6.07, 6.45) is -2.90. The summed E-state index contributed by atoms with van der Waals surface area (Å²) in [4.78, 5) is 12.9. The first-order chi connectivity index (χ1) is 19.8. The summed E-state index contributed by atoms with van der Waals surface area (Å²) in [7, 11) is 0. The van der Waals surface area contributed by atoms with Crippen LogP contribution in [0.25, 0.3) is 0 Å². The molecule has 0 spiro atoms. The molecule has 0 aromatic carbocycles. The predicted molar refractivity (Wildman–Crippen MR) is 148 cm³/mol. The minimum Gasteiger partial charge on any atom is -0.472 e. The molecule has 3 fully saturated rings. The second kappa shape index (κ2) is 12.1. The van der Waals surface area contributed by atoms with Gasteiger partial charge in [-0.1, -0.05) is 19.9 Å². The number of carbonyl (C=O) groups is 1. The standard InChI is InChI=1S/C30H46O13/c1-15(6-8-30(39)27(2,3)11-16(32)12-29(30,5)38)10-20(33)41-18-13-28(4,37)21-17(18)7-9-40-25(21)43-26-24(36)23(35)22(34)19(14-31)42-26/h6-10,16-19,21-26,31-32,34-39H,11-14H2,1-5H3/t16-,17-,18+,19+,21+,22+,23-,24+,25-,26-,28-,29+,30+/m0/s1. The molecule has 43 heavy (non-hydrogen) atoms. The van der Waals surface area contributed by atoms with Crippen molar-refractivity contribution in [1.82, 2.24) is 0 Å². The maximum atomic E-state index is 12.9. The molecule has 13 atom stereocenters. The van der Waals surface area contributed by atoms with E-state index in [0.717, 1.165) is 0 Å². The molecule has 8 N–H and O–H groups in total. The van der Waals surface area contributed by atoms with E-state index in [1.807, 2.05) is 0 Å². The van der Waals surface area contributed by atoms with Gasteiger partial charge in [0.05, 0.1) is 36.1 Å². The topological polar surface area (TPSA) is 216 Å². The molecule has 2 saturated carbocycles. The van der Waals surface area contributed by atoms with E-state index in [2.05, 4.69) is 0 Å². The van der Waals surface area contributed by atoms with Gasteiger partial charge in [0.1, 0.15) is 36.1 Å². The minimum atomic E-state index is -1.68. The molecule has 13 nitrogen and oxygen atoms in total. The Kier molecular flexibility index (Phi) is 9.58. The second-order valence-corrected chi connectivity index (χ2v) is 13.5. The van der Waals surface area contributed by atoms with Crippen molar-refractivity contribution in [3.05, 3.63) is 36.1 Å². The van der Waals surface area contributed by atoms with Crippen LogP contribution in [0.4, 0.5) is 0 Å². The first kappa shape index (κ1) is 34.0. The number of esters is 1. The van der Waals surface area contributed by atoms with Gasteiger partial charge in [-0.25, -0.2) is 4.79 Å². The van der Waals surface area contributed by atoms with E-state index in [1.165, 1.54) is 38.3 Å². The molecule has 2 aliphatic carbocycles. The molecule has 2 aliphatic heterocycles. The van der Waals surface area contributed by atoms with Crippen molar-refractivity contribution in [3.63, 3.8) is 0 Å². The van der Waals surface area contributed by atoms with E-state index in [1.54, 1.807) is 26.8 Å². The molecule has 4 aliphatic rings. The van der Waals surface area contributed by atoms with Crippen LogP contribution in [0.1, 0.15) is 53.9 Å². The number of rotatable bonds is 7. The lowest BCUT2D eigenvalue weighted by atomic mass is 9.57. The Morgan fingerprint density at radius 3 is 2.28 bits per heavy atom. The highest BCUT2D eigenvalue weighted by Gasteiger charge is 2.59. The van der Waals surface area contributed by atoms with Crippen molar-refractivity contribution in [3.8, 4) is 0 Å². The lowest BCUT2D eigenvalue weighted by Crippen LogP contribution is -2.65. The Hall–Kier alpha value is -1.91. The van der Waals surface area contributed by atoms with E-state index in [0.29, 0.717) is 5.57 Å². The van der Waals surface area contributed by atoms with E-state index in [4.69, 9.17) is 18.9 Å². The van der Waals surface area contributed by atoms with Crippen molar-refractivity contribution >= 4 is 5.97 Å². The van der Waals surface area contributed by atoms with E-state index in [9.17, 15) is 45.6 Å². The van der Waals surface area contributed by atoms with Crippen LogP contribution in [0.3, 0.4) is 0 Å². The van der Waals surface area contributed by atoms with Gasteiger partial charge in [-0.3, -0.25) is 0 Å². The SMILES string of the molecule is CC(C=C[C@@]1(O)C(C)(C)C[C@H](O)C[C@@]1(C)O)=CC(=O)O[C@@H]1C[C@](C)(O)[C@H]2[C@H](O[C@@H]3O[C@H](CO)[C@@H](O)[C@H](O)[C@H]3O)OC=C[C@H]21. The van der Waals surface area contributed by atoms with Gasteiger partial charge in [0.25, 0.3) is 0 Å². The van der Waals surface area contributed by atoms with Crippen LogP contribution in [0.2, 0.25) is 0 Å². The van der Waals surface area contributed by atoms with Gasteiger partial charge in [-0.2, -0.15) is 0 Å². The highest BCUT2D eigenvalue weighted by molar-refractivity contribution is 5.83. The number of carbonyl (C=O) groups excluding carboxylic acids is 1. The maximum absolute atomic E-state index is 12.9. The molecular weight excluding hydrogens is 568 g/mol. The quantitative estimate of drug-likeness (QED) is 0.0996. The fraction of sp³-hybridized carbons (Fsp3) is 0.767. The monoisotopic (exact) mass is 614 g/mol. The van der Waals surface area contributed by atoms with Crippen molar-refractivity contribution in [2.24, 2.45) is 17.3 Å². The Morgan fingerprint density at radius 2 is 1.65 bits per heavy atom. The van der Waals surface area contributed by atoms with Crippen molar-refractivity contribution in [1.29, 1.82) is 0 Å². The third-order valence-electron chi connectivity index (χ3n) is 9.53. The summed E-state index contributed by atoms with van der Waals surface area (Å²) >= 11 is 0. The van der Waals surface area contributed by atoms with Gasteiger partial charge in [-0.05, 0) is 44.9 Å². The molecule has 0 aromatic heterocycles. The molecule has 0 unspecified atom stereocenters. The van der Waals surface area contributed by atoms with Crippen molar-refractivity contribution in [2.75, 3.05) is 6.61 Å². The average molecular weight is 615 g/mol. The highest BCUT2D eigenvalue weighted by atomic mass is 16.8. The number of ether oxygens (including phenoxy) is 4. The minimum absolute atomic E-state index is 0.00937. The summed E-state index contributed by atoms with van der Waals surface area (Å²) in [5, 5.41) is 83.8. The summed E-state index contributed by atoms with van der Waals surface area (Å²) < 4.78 is 22.5. The molecule has 0 amide bonds. The lowest BCUT2D eigenvalue weighted by molar-refractivity contribution is -0.346. The van der Waals surface area contributed by atoms with Gasteiger partial charge in [0, 0.05) is 30.3 Å². The fourth-order valence-electron chi connectivity index (χ4n) is 7.13. The summed E-state index contributed by atoms with van der Waals surface area (Å²) in [6.45, 7) is 7.49. The van der Waals surface area contributed by atoms with E-state index < -0.39 is 95.8 Å². The van der Waals surface area contributed by atoms with Crippen LogP contribution >= 0.6 is 0 Å². The zero-order valence-corrected chi connectivity index (χ0v) is 25.1. The van der Waals surface area contributed by atoms with E-state index in [-0.39, 0.29) is 19.3 Å². The summed E-state index contributed by atoms with van der Waals surface area (Å²) in [5.74, 6) is -2.04. The van der Waals surface area contributed by atoms with Crippen molar-refractivity contribution in [2.45, 2.75) is 120 Å². The van der Waals surface area contributed by atoms with Gasteiger partial charge in [0.15, 0.2) is 6.29 Å². The van der Waals surface area contributed by atoms with Crippen LogP contribution in [0, 0.1) is 17.3 Å². The van der Waals surface area contributed by atoms with Crippen LogP contribution in [0.15, 0.2) is 36.1 Å². The molecule has 0 radical (unpaired) electrons. The zero-order chi connectivity index (χ0) is 32.1. The van der Waals surface area contributed by atoms with E-state index >= 15 is 0 Å². The zero-order valence-electron chi connectivity index (χ0n) is 25.1. The molecule has 0 bridgehead atoms. The number of aliphatic hydroxyl groups is 8. The number of allylic oxidation sites excluding steroid dienone is 2. The third-order valence-corrected chi connectivity index (χ3v) is 9.53. The maximum Gasteiger partial charge on any atom is 0.331 e. The van der Waals surface area contributed by atoms with Crippen LogP contribution in [-0.2, 0) is 23.7 Å². The second-order valence-electron chi connectivity index (χ2n) is 13.5. The predicted octanol–water partition coefficient (Wildman–Crippen LogP) is -0.863. The number of aliphatic hydroxyl groups excluding tert-OH is 5. The van der Waals surface area contributed by atoms with Crippen LogP contribution in [-0.4, -0.2) is 119 Å². The average Bonchev–Trinajstić information content (AvgIpc) is 3.15. The number of fused-ring (bicyclic) bond motifs is 1. The molecule has 2 heterocycles. The van der Waals surface area contributed by atoms with Crippen LogP contribution in [0.5, 0.6) is 0 Å². The Bertz CT molecular complexity index is 1090. The first-order valence-corrected chi connectivity index (χ1v) is 14.5. The smallest absolute Gasteiger partial charge is 0.331 e.